The number of methoxy groups -OCH3 is 1. The van der Waals surface area contributed by atoms with Crippen LogP contribution >= 0.6 is 0 Å². The van der Waals surface area contributed by atoms with Crippen LogP contribution in [0.15, 0.2) is 18.3 Å². The van der Waals surface area contributed by atoms with Crippen molar-refractivity contribution in [1.29, 1.82) is 0 Å². The van der Waals surface area contributed by atoms with Crippen molar-refractivity contribution in [1.82, 2.24) is 15.6 Å². The second-order valence-electron chi connectivity index (χ2n) is 4.31. The number of pyridine rings is 1. The van der Waals surface area contributed by atoms with Gasteiger partial charge in [0.05, 0.1) is 6.61 Å². The third kappa shape index (κ3) is 6.71. The van der Waals surface area contributed by atoms with E-state index in [1.165, 1.54) is 0 Å². The minimum Gasteiger partial charge on any atom is -0.384 e. The minimum atomic E-state index is -0.210. The van der Waals surface area contributed by atoms with E-state index < -0.39 is 0 Å². The molecule has 2 amide bonds. The number of rotatable bonds is 9. The van der Waals surface area contributed by atoms with Crippen molar-refractivity contribution in [2.75, 3.05) is 38.7 Å². The van der Waals surface area contributed by atoms with Gasteiger partial charge in [-0.05, 0) is 19.1 Å². The first kappa shape index (κ1) is 16.9. The number of hydrogen-bond acceptors (Lipinski definition) is 5. The molecule has 21 heavy (non-hydrogen) atoms. The van der Waals surface area contributed by atoms with Crippen LogP contribution in [0, 0.1) is 0 Å². The number of hydrogen-bond donors (Lipinski definition) is 3. The smallest absolute Gasteiger partial charge is 0.269 e. The van der Waals surface area contributed by atoms with E-state index in [-0.39, 0.29) is 11.8 Å². The Hall–Kier alpha value is -2.15. The molecule has 0 spiro atoms. The highest BCUT2D eigenvalue weighted by Gasteiger charge is 2.06. The normalized spacial score (nSPS) is 10.0. The molecule has 0 aromatic carbocycles. The van der Waals surface area contributed by atoms with E-state index in [0.29, 0.717) is 38.4 Å². The Morgan fingerprint density at radius 2 is 2.10 bits per heavy atom. The summed E-state index contributed by atoms with van der Waals surface area (Å²) in [4.78, 5) is 27.1. The monoisotopic (exact) mass is 294 g/mol. The van der Waals surface area contributed by atoms with Gasteiger partial charge in [0.2, 0.25) is 5.91 Å². The summed E-state index contributed by atoms with van der Waals surface area (Å²) < 4.78 is 4.85. The molecule has 0 aliphatic rings. The van der Waals surface area contributed by atoms with Crippen LogP contribution in [0.3, 0.4) is 0 Å². The lowest BCUT2D eigenvalue weighted by Gasteiger charge is -2.08. The van der Waals surface area contributed by atoms with Crippen molar-refractivity contribution in [3.05, 3.63) is 24.0 Å². The van der Waals surface area contributed by atoms with Crippen molar-refractivity contribution >= 4 is 17.5 Å². The Balaban J connectivity index is 2.36. The van der Waals surface area contributed by atoms with E-state index in [0.717, 1.165) is 5.69 Å². The predicted molar refractivity (Wildman–Crippen MR) is 80.2 cm³/mol. The minimum absolute atomic E-state index is 0.0439. The number of carbonyl (C=O) groups is 2. The van der Waals surface area contributed by atoms with Gasteiger partial charge in [-0.25, -0.2) is 0 Å². The molecular weight excluding hydrogens is 272 g/mol. The van der Waals surface area contributed by atoms with E-state index in [4.69, 9.17) is 4.74 Å². The highest BCUT2D eigenvalue weighted by Crippen LogP contribution is 2.07. The van der Waals surface area contributed by atoms with E-state index in [1.807, 2.05) is 6.92 Å². The summed E-state index contributed by atoms with van der Waals surface area (Å²) in [5.41, 5.74) is 1.11. The van der Waals surface area contributed by atoms with Crippen LogP contribution in [-0.2, 0) is 9.53 Å². The SMILES string of the molecule is CCNC(=O)c1cc(NCCC(=O)NCCOC)ccn1. The number of nitrogens with zero attached hydrogens (tertiary/aromatic N) is 1. The van der Waals surface area contributed by atoms with Crippen molar-refractivity contribution in [2.45, 2.75) is 13.3 Å². The Bertz CT molecular complexity index is 465. The average Bonchev–Trinajstić information content (AvgIpc) is 2.48. The zero-order chi connectivity index (χ0) is 15.5. The standard InChI is InChI=1S/C14H22N4O3/c1-3-15-14(20)12-10-11(4-6-17-12)16-7-5-13(19)18-8-9-21-2/h4,6,10H,3,5,7-9H2,1-2H3,(H,15,20)(H,16,17)(H,18,19). The zero-order valence-corrected chi connectivity index (χ0v) is 12.4. The van der Waals surface area contributed by atoms with Gasteiger partial charge in [-0.2, -0.15) is 0 Å². The zero-order valence-electron chi connectivity index (χ0n) is 12.4. The number of nitrogens with one attached hydrogen (secondary N) is 3. The van der Waals surface area contributed by atoms with Gasteiger partial charge in [0, 0.05) is 45.0 Å². The van der Waals surface area contributed by atoms with Gasteiger partial charge in [0.1, 0.15) is 5.69 Å². The summed E-state index contributed by atoms with van der Waals surface area (Å²) >= 11 is 0. The van der Waals surface area contributed by atoms with Crippen LogP contribution in [0.25, 0.3) is 0 Å². The highest BCUT2D eigenvalue weighted by molar-refractivity contribution is 5.93. The van der Waals surface area contributed by atoms with Crippen molar-refractivity contribution in [3.8, 4) is 0 Å². The molecule has 1 rings (SSSR count). The predicted octanol–water partition coefficient (Wildman–Crippen LogP) is 0.396. The van der Waals surface area contributed by atoms with Crippen molar-refractivity contribution in [2.24, 2.45) is 0 Å². The molecule has 116 valence electrons. The molecule has 1 aromatic rings. The van der Waals surface area contributed by atoms with E-state index >= 15 is 0 Å². The number of carbonyl (C=O) groups excluding carboxylic acids is 2. The number of aromatic nitrogens is 1. The maximum Gasteiger partial charge on any atom is 0.269 e. The maximum atomic E-state index is 11.6. The van der Waals surface area contributed by atoms with E-state index in [9.17, 15) is 9.59 Å². The number of ether oxygens (including phenoxy) is 1. The average molecular weight is 294 g/mol. The van der Waals surface area contributed by atoms with Gasteiger partial charge in [-0.3, -0.25) is 14.6 Å². The van der Waals surface area contributed by atoms with Crippen LogP contribution in [0.2, 0.25) is 0 Å². The molecule has 0 aliphatic heterocycles. The number of anilines is 1. The largest absolute Gasteiger partial charge is 0.384 e. The fourth-order valence-electron chi connectivity index (χ4n) is 1.62. The lowest BCUT2D eigenvalue weighted by molar-refractivity contribution is -0.121. The molecule has 0 atom stereocenters. The maximum absolute atomic E-state index is 11.6. The molecule has 7 nitrogen and oxygen atoms in total. The summed E-state index contributed by atoms with van der Waals surface area (Å²) in [7, 11) is 1.59. The van der Waals surface area contributed by atoms with Crippen molar-refractivity contribution in [3.63, 3.8) is 0 Å². The first-order valence-corrected chi connectivity index (χ1v) is 6.91. The molecule has 0 aliphatic carbocycles. The van der Waals surface area contributed by atoms with Crippen molar-refractivity contribution < 1.29 is 14.3 Å². The third-order valence-corrected chi connectivity index (χ3v) is 2.64. The van der Waals surface area contributed by atoms with Crippen LogP contribution in [-0.4, -0.2) is 50.1 Å². The molecule has 0 unspecified atom stereocenters. The molecule has 0 bridgehead atoms. The second-order valence-corrected chi connectivity index (χ2v) is 4.31. The molecule has 3 N–H and O–H groups in total. The first-order chi connectivity index (χ1) is 10.2. The molecule has 1 aromatic heterocycles. The topological polar surface area (TPSA) is 92.4 Å². The molecule has 0 fully saturated rings. The molecular formula is C14H22N4O3. The molecule has 0 saturated heterocycles. The van der Waals surface area contributed by atoms with Gasteiger partial charge in [-0.15, -0.1) is 0 Å². The molecule has 1 heterocycles. The van der Waals surface area contributed by atoms with Crippen LogP contribution in [0.4, 0.5) is 5.69 Å². The van der Waals surface area contributed by atoms with E-state index in [2.05, 4.69) is 20.9 Å². The van der Waals surface area contributed by atoms with Gasteiger partial charge in [0.25, 0.3) is 5.91 Å². The lowest BCUT2D eigenvalue weighted by Crippen LogP contribution is -2.28. The molecule has 7 heteroatoms. The lowest BCUT2D eigenvalue weighted by atomic mass is 10.3. The van der Waals surface area contributed by atoms with Crippen LogP contribution in [0.5, 0.6) is 0 Å². The Kier molecular flexibility index (Phi) is 7.81. The fraction of sp³-hybridized carbons (Fsp3) is 0.500. The molecule has 0 radical (unpaired) electrons. The van der Waals surface area contributed by atoms with Crippen LogP contribution < -0.4 is 16.0 Å². The number of amides is 2. The summed E-state index contributed by atoms with van der Waals surface area (Å²) in [5.74, 6) is -0.254. The molecule has 0 saturated carbocycles. The van der Waals surface area contributed by atoms with E-state index in [1.54, 1.807) is 25.4 Å². The Morgan fingerprint density at radius 3 is 2.81 bits per heavy atom. The summed E-state index contributed by atoms with van der Waals surface area (Å²) in [6.07, 6.45) is 1.91. The first-order valence-electron chi connectivity index (χ1n) is 6.91. The Morgan fingerprint density at radius 1 is 1.29 bits per heavy atom. The van der Waals surface area contributed by atoms with Gasteiger partial charge >= 0.3 is 0 Å². The summed E-state index contributed by atoms with van der Waals surface area (Å²) in [5, 5.41) is 8.51. The highest BCUT2D eigenvalue weighted by atomic mass is 16.5. The summed E-state index contributed by atoms with van der Waals surface area (Å²) in [6, 6.07) is 3.42. The third-order valence-electron chi connectivity index (χ3n) is 2.64. The van der Waals surface area contributed by atoms with Gasteiger partial charge in [-0.1, -0.05) is 0 Å². The Labute approximate surface area is 124 Å². The second kappa shape index (κ2) is 9.71. The van der Waals surface area contributed by atoms with Crippen LogP contribution in [0.1, 0.15) is 23.8 Å². The summed E-state index contributed by atoms with van der Waals surface area (Å²) in [6.45, 7) is 3.89. The van der Waals surface area contributed by atoms with Gasteiger partial charge in [0.15, 0.2) is 0 Å². The fourth-order valence-corrected chi connectivity index (χ4v) is 1.62. The van der Waals surface area contributed by atoms with Gasteiger partial charge < -0.3 is 20.7 Å². The quantitative estimate of drug-likeness (QED) is 0.573.